The standard InChI is InChI=1S/C18H16F6N2/c19-17(20,21)13-3-1-5-15(11-13)25-7-9-26(10-8-25)16-6-2-4-14(12-16)18(22,23)24/h1-6,11-12H,7-10H2. The Morgan fingerprint density at radius 2 is 0.923 bits per heavy atom. The predicted molar refractivity (Wildman–Crippen MR) is 87.3 cm³/mol. The van der Waals surface area contributed by atoms with Crippen molar-refractivity contribution in [2.75, 3.05) is 36.0 Å². The smallest absolute Gasteiger partial charge is 0.368 e. The third-order valence-corrected chi connectivity index (χ3v) is 4.36. The van der Waals surface area contributed by atoms with Crippen LogP contribution < -0.4 is 9.80 Å². The van der Waals surface area contributed by atoms with Gasteiger partial charge < -0.3 is 9.80 Å². The molecule has 26 heavy (non-hydrogen) atoms. The summed E-state index contributed by atoms with van der Waals surface area (Å²) in [7, 11) is 0. The van der Waals surface area contributed by atoms with E-state index in [4.69, 9.17) is 0 Å². The molecule has 0 saturated carbocycles. The monoisotopic (exact) mass is 374 g/mol. The zero-order chi connectivity index (χ0) is 18.9. The molecule has 1 fully saturated rings. The average Bonchev–Trinajstić information content (AvgIpc) is 2.61. The Balaban J connectivity index is 1.70. The molecule has 3 rings (SSSR count). The molecule has 0 spiro atoms. The number of halogens is 6. The number of anilines is 2. The summed E-state index contributed by atoms with van der Waals surface area (Å²) in [6.07, 6.45) is -8.81. The zero-order valence-corrected chi connectivity index (χ0v) is 13.6. The minimum absolute atomic E-state index is 0.428. The van der Waals surface area contributed by atoms with E-state index in [1.807, 2.05) is 0 Å². The van der Waals surface area contributed by atoms with E-state index in [9.17, 15) is 26.3 Å². The summed E-state index contributed by atoms with van der Waals surface area (Å²) in [5.41, 5.74) is -0.502. The van der Waals surface area contributed by atoms with Crippen molar-refractivity contribution in [2.24, 2.45) is 0 Å². The Labute approximate surface area is 146 Å². The molecule has 0 bridgehead atoms. The second-order valence-electron chi connectivity index (χ2n) is 6.07. The van der Waals surface area contributed by atoms with Gasteiger partial charge in [-0.3, -0.25) is 0 Å². The van der Waals surface area contributed by atoms with E-state index in [1.54, 1.807) is 21.9 Å². The molecule has 0 aromatic heterocycles. The predicted octanol–water partition coefficient (Wildman–Crippen LogP) is 5.05. The molecule has 1 aliphatic rings. The summed E-state index contributed by atoms with van der Waals surface area (Å²) in [5, 5.41) is 0. The van der Waals surface area contributed by atoms with Gasteiger partial charge in [0.15, 0.2) is 0 Å². The van der Waals surface area contributed by atoms with Crippen molar-refractivity contribution in [1.29, 1.82) is 0 Å². The van der Waals surface area contributed by atoms with Crippen molar-refractivity contribution in [2.45, 2.75) is 12.4 Å². The fourth-order valence-electron chi connectivity index (χ4n) is 2.98. The lowest BCUT2D eigenvalue weighted by atomic mass is 10.1. The molecule has 0 radical (unpaired) electrons. The van der Waals surface area contributed by atoms with Crippen LogP contribution in [-0.2, 0) is 12.4 Å². The summed E-state index contributed by atoms with van der Waals surface area (Å²) in [4.78, 5) is 3.61. The normalized spacial score (nSPS) is 16.1. The van der Waals surface area contributed by atoms with Crippen molar-refractivity contribution in [3.63, 3.8) is 0 Å². The highest BCUT2D eigenvalue weighted by atomic mass is 19.4. The van der Waals surface area contributed by atoms with Gasteiger partial charge in [-0.15, -0.1) is 0 Å². The van der Waals surface area contributed by atoms with E-state index in [2.05, 4.69) is 0 Å². The van der Waals surface area contributed by atoms with E-state index in [1.165, 1.54) is 12.1 Å². The van der Waals surface area contributed by atoms with Gasteiger partial charge in [0.1, 0.15) is 0 Å². The Bertz CT molecular complexity index is 695. The van der Waals surface area contributed by atoms with Crippen LogP contribution in [0.3, 0.4) is 0 Å². The number of alkyl halides is 6. The third kappa shape index (κ3) is 4.05. The summed E-state index contributed by atoms with van der Waals surface area (Å²) in [5.74, 6) is 0. The molecular formula is C18H16F6N2. The van der Waals surface area contributed by atoms with Crippen LogP contribution in [0.2, 0.25) is 0 Å². The first kappa shape index (κ1) is 18.4. The van der Waals surface area contributed by atoms with Gasteiger partial charge in [0.2, 0.25) is 0 Å². The molecule has 1 heterocycles. The fraction of sp³-hybridized carbons (Fsp3) is 0.333. The summed E-state index contributed by atoms with van der Waals surface area (Å²) in [6.45, 7) is 1.71. The first-order chi connectivity index (χ1) is 12.1. The summed E-state index contributed by atoms with van der Waals surface area (Å²) in [6, 6.07) is 10.2. The molecule has 0 unspecified atom stereocenters. The Morgan fingerprint density at radius 1 is 0.577 bits per heavy atom. The van der Waals surface area contributed by atoms with Gasteiger partial charge in [0, 0.05) is 37.6 Å². The Kier molecular flexibility index (Phi) is 4.77. The van der Waals surface area contributed by atoms with Crippen LogP contribution in [0, 0.1) is 0 Å². The van der Waals surface area contributed by atoms with Gasteiger partial charge in [-0.1, -0.05) is 12.1 Å². The molecule has 1 aliphatic heterocycles. The number of rotatable bonds is 2. The highest BCUT2D eigenvalue weighted by Gasteiger charge is 2.32. The number of nitrogens with zero attached hydrogens (tertiary/aromatic N) is 2. The topological polar surface area (TPSA) is 6.48 Å². The van der Waals surface area contributed by atoms with E-state index in [-0.39, 0.29) is 0 Å². The van der Waals surface area contributed by atoms with Crippen LogP contribution in [0.1, 0.15) is 11.1 Å². The van der Waals surface area contributed by atoms with Crippen molar-refractivity contribution < 1.29 is 26.3 Å². The maximum Gasteiger partial charge on any atom is 0.416 e. The SMILES string of the molecule is FC(F)(F)c1cccc(N2CCN(c3cccc(C(F)(F)F)c3)CC2)c1. The Morgan fingerprint density at radius 3 is 1.23 bits per heavy atom. The van der Waals surface area contributed by atoms with Crippen LogP contribution in [0.15, 0.2) is 48.5 Å². The largest absolute Gasteiger partial charge is 0.416 e. The molecule has 0 amide bonds. The van der Waals surface area contributed by atoms with E-state index < -0.39 is 23.5 Å². The lowest BCUT2D eigenvalue weighted by Gasteiger charge is -2.37. The lowest BCUT2D eigenvalue weighted by Crippen LogP contribution is -2.46. The van der Waals surface area contributed by atoms with Crippen LogP contribution in [0.4, 0.5) is 37.7 Å². The second-order valence-corrected chi connectivity index (χ2v) is 6.07. The molecule has 2 aromatic rings. The van der Waals surface area contributed by atoms with Gasteiger partial charge in [-0.05, 0) is 36.4 Å². The molecule has 0 N–H and O–H groups in total. The van der Waals surface area contributed by atoms with Gasteiger partial charge >= 0.3 is 12.4 Å². The highest BCUT2D eigenvalue weighted by molar-refractivity contribution is 5.54. The van der Waals surface area contributed by atoms with Gasteiger partial charge in [0.05, 0.1) is 11.1 Å². The first-order valence-electron chi connectivity index (χ1n) is 7.99. The highest BCUT2D eigenvalue weighted by Crippen LogP contribution is 2.33. The molecule has 0 aliphatic carbocycles. The van der Waals surface area contributed by atoms with Crippen molar-refractivity contribution >= 4 is 11.4 Å². The molecule has 2 aromatic carbocycles. The van der Waals surface area contributed by atoms with Gasteiger partial charge in [-0.2, -0.15) is 26.3 Å². The van der Waals surface area contributed by atoms with Crippen molar-refractivity contribution in [3.05, 3.63) is 59.7 Å². The third-order valence-electron chi connectivity index (χ3n) is 4.36. The summed E-state index contributed by atoms with van der Waals surface area (Å²) >= 11 is 0. The maximum absolute atomic E-state index is 12.8. The van der Waals surface area contributed by atoms with Crippen LogP contribution in [0.5, 0.6) is 0 Å². The molecule has 2 nitrogen and oxygen atoms in total. The van der Waals surface area contributed by atoms with Crippen LogP contribution in [0.25, 0.3) is 0 Å². The molecular weight excluding hydrogens is 358 g/mol. The van der Waals surface area contributed by atoms with E-state index in [0.29, 0.717) is 37.6 Å². The minimum Gasteiger partial charge on any atom is -0.368 e. The van der Waals surface area contributed by atoms with Gasteiger partial charge in [-0.25, -0.2) is 0 Å². The molecule has 0 atom stereocenters. The number of benzene rings is 2. The van der Waals surface area contributed by atoms with Crippen LogP contribution in [-0.4, -0.2) is 26.2 Å². The number of hydrogen-bond donors (Lipinski definition) is 0. The zero-order valence-electron chi connectivity index (χ0n) is 13.6. The first-order valence-corrected chi connectivity index (χ1v) is 7.99. The maximum atomic E-state index is 12.8. The quantitative estimate of drug-likeness (QED) is 0.679. The molecule has 1 saturated heterocycles. The van der Waals surface area contributed by atoms with Crippen molar-refractivity contribution in [1.82, 2.24) is 0 Å². The minimum atomic E-state index is -4.41. The molecule has 8 heteroatoms. The number of piperazine rings is 1. The summed E-state index contributed by atoms with van der Waals surface area (Å²) < 4.78 is 77.0. The van der Waals surface area contributed by atoms with Gasteiger partial charge in [0.25, 0.3) is 0 Å². The molecule has 140 valence electrons. The van der Waals surface area contributed by atoms with E-state index in [0.717, 1.165) is 24.3 Å². The van der Waals surface area contributed by atoms with Crippen LogP contribution >= 0.6 is 0 Å². The van der Waals surface area contributed by atoms with Crippen molar-refractivity contribution in [3.8, 4) is 0 Å². The second kappa shape index (κ2) is 6.74. The Hall–Kier alpha value is -2.38. The van der Waals surface area contributed by atoms with E-state index >= 15 is 0 Å². The fourth-order valence-corrected chi connectivity index (χ4v) is 2.98. The average molecular weight is 374 g/mol. The number of hydrogen-bond acceptors (Lipinski definition) is 2. The lowest BCUT2D eigenvalue weighted by molar-refractivity contribution is -0.138.